The molecular weight excluding hydrogens is 226 g/mol. The molecule has 4 heteroatoms. The van der Waals surface area contributed by atoms with Crippen molar-refractivity contribution in [2.45, 2.75) is 0 Å². The van der Waals surface area contributed by atoms with E-state index in [1.165, 1.54) is 12.1 Å². The molecule has 2 aromatic rings. The Kier molecular flexibility index (Phi) is 2.88. The Hall–Kier alpha value is -1.87. The van der Waals surface area contributed by atoms with Crippen LogP contribution in [0.4, 0.5) is 5.69 Å². The summed E-state index contributed by atoms with van der Waals surface area (Å²) in [6.45, 7) is 0. The number of rotatable bonds is 2. The van der Waals surface area contributed by atoms with E-state index < -0.39 is 4.92 Å². The van der Waals surface area contributed by atoms with E-state index in [9.17, 15) is 10.1 Å². The third kappa shape index (κ3) is 2.04. The lowest BCUT2D eigenvalue weighted by molar-refractivity contribution is -0.384. The van der Waals surface area contributed by atoms with Crippen molar-refractivity contribution in [2.24, 2.45) is 0 Å². The minimum Gasteiger partial charge on any atom is -0.258 e. The highest BCUT2D eigenvalue weighted by molar-refractivity contribution is 6.33. The molecule has 0 unspecified atom stereocenters. The van der Waals surface area contributed by atoms with Gasteiger partial charge in [0.15, 0.2) is 0 Å². The van der Waals surface area contributed by atoms with Crippen LogP contribution in [0.15, 0.2) is 42.5 Å². The molecule has 0 aliphatic heterocycles. The number of non-ortho nitro benzene ring substituents is 1. The second-order valence-corrected chi connectivity index (χ2v) is 3.62. The number of hydrogen-bond donors (Lipinski definition) is 0. The lowest BCUT2D eigenvalue weighted by Gasteiger charge is -2.03. The summed E-state index contributed by atoms with van der Waals surface area (Å²) in [6, 6.07) is 14.4. The van der Waals surface area contributed by atoms with Crippen LogP contribution < -0.4 is 0 Å². The third-order valence-corrected chi connectivity index (χ3v) is 2.52. The third-order valence-electron chi connectivity index (χ3n) is 2.20. The summed E-state index contributed by atoms with van der Waals surface area (Å²) in [4.78, 5) is 10.1. The van der Waals surface area contributed by atoms with Gasteiger partial charge >= 0.3 is 0 Å². The second-order valence-electron chi connectivity index (χ2n) is 3.21. The van der Waals surface area contributed by atoms with Crippen LogP contribution in [0, 0.1) is 16.2 Å². The first-order valence-corrected chi connectivity index (χ1v) is 4.97. The molecule has 0 saturated carbocycles. The predicted molar refractivity (Wildman–Crippen MR) is 62.4 cm³/mol. The molecule has 0 aromatic heterocycles. The molecule has 16 heavy (non-hydrogen) atoms. The first kappa shape index (κ1) is 10.6. The smallest absolute Gasteiger partial charge is 0.258 e. The van der Waals surface area contributed by atoms with Gasteiger partial charge < -0.3 is 0 Å². The molecule has 2 aromatic carbocycles. The van der Waals surface area contributed by atoms with Crippen LogP contribution in [-0.4, -0.2) is 4.92 Å². The molecule has 1 radical (unpaired) electrons. The molecule has 2 rings (SSSR count). The number of nitro benzene ring substituents is 1. The van der Waals surface area contributed by atoms with Crippen LogP contribution in [0.3, 0.4) is 0 Å². The summed E-state index contributed by atoms with van der Waals surface area (Å²) in [6.07, 6.45) is 0. The number of hydrogen-bond acceptors (Lipinski definition) is 2. The summed E-state index contributed by atoms with van der Waals surface area (Å²) in [5.41, 5.74) is 1.77. The van der Waals surface area contributed by atoms with Crippen molar-refractivity contribution in [2.75, 3.05) is 0 Å². The van der Waals surface area contributed by atoms with Gasteiger partial charge in [-0.3, -0.25) is 10.1 Å². The lowest BCUT2D eigenvalue weighted by atomic mass is 10.1. The monoisotopic (exact) mass is 232 g/mol. The highest BCUT2D eigenvalue weighted by Gasteiger charge is 2.06. The topological polar surface area (TPSA) is 43.1 Å². The summed E-state index contributed by atoms with van der Waals surface area (Å²) in [7, 11) is 0. The van der Waals surface area contributed by atoms with Crippen molar-refractivity contribution >= 4 is 17.3 Å². The number of halogens is 1. The van der Waals surface area contributed by atoms with Crippen molar-refractivity contribution in [3.63, 3.8) is 0 Å². The Morgan fingerprint density at radius 3 is 2.44 bits per heavy atom. The van der Waals surface area contributed by atoms with Gasteiger partial charge in [-0.05, 0) is 29.8 Å². The van der Waals surface area contributed by atoms with E-state index in [0.717, 1.165) is 11.1 Å². The molecule has 0 aliphatic rings. The Labute approximate surface area is 97.4 Å². The van der Waals surface area contributed by atoms with Crippen molar-refractivity contribution < 1.29 is 4.92 Å². The van der Waals surface area contributed by atoms with E-state index in [2.05, 4.69) is 6.07 Å². The number of nitrogens with zero attached hydrogens (tertiary/aromatic N) is 1. The molecule has 79 valence electrons. The highest BCUT2D eigenvalue weighted by Crippen LogP contribution is 2.28. The molecule has 0 bridgehead atoms. The molecule has 3 nitrogen and oxygen atoms in total. The maximum absolute atomic E-state index is 10.5. The molecule has 0 atom stereocenters. The second kappa shape index (κ2) is 4.33. The number of nitro groups is 1. The van der Waals surface area contributed by atoms with Crippen molar-refractivity contribution in [3.8, 4) is 11.1 Å². The molecular formula is C12H7ClNO2. The van der Waals surface area contributed by atoms with Crippen LogP contribution in [0.2, 0.25) is 5.02 Å². The molecule has 0 heterocycles. The van der Waals surface area contributed by atoms with E-state index in [1.54, 1.807) is 24.3 Å². The van der Waals surface area contributed by atoms with Gasteiger partial charge in [0.2, 0.25) is 0 Å². The molecule has 0 spiro atoms. The van der Waals surface area contributed by atoms with Gasteiger partial charge in [-0.2, -0.15) is 0 Å². The molecule has 0 aliphatic carbocycles. The van der Waals surface area contributed by atoms with Crippen LogP contribution in [-0.2, 0) is 0 Å². The molecule has 0 saturated heterocycles. The summed E-state index contributed by atoms with van der Waals surface area (Å²) in [5, 5.41) is 11.1. The first-order valence-electron chi connectivity index (χ1n) is 4.59. The van der Waals surface area contributed by atoms with Crippen molar-refractivity contribution in [3.05, 3.63) is 63.7 Å². The van der Waals surface area contributed by atoms with Gasteiger partial charge in [0.1, 0.15) is 0 Å². The van der Waals surface area contributed by atoms with Crippen LogP contribution in [0.25, 0.3) is 11.1 Å². The maximum Gasteiger partial charge on any atom is 0.269 e. The van der Waals surface area contributed by atoms with Gasteiger partial charge in [0.05, 0.1) is 4.92 Å². The van der Waals surface area contributed by atoms with Gasteiger partial charge in [-0.15, -0.1) is 0 Å². The summed E-state index contributed by atoms with van der Waals surface area (Å²) < 4.78 is 0. The predicted octanol–water partition coefficient (Wildman–Crippen LogP) is 3.72. The van der Waals surface area contributed by atoms with Gasteiger partial charge in [-0.25, -0.2) is 0 Å². The molecule has 0 amide bonds. The fraction of sp³-hybridized carbons (Fsp3) is 0. The molecule has 0 N–H and O–H groups in total. The van der Waals surface area contributed by atoms with Crippen LogP contribution in [0.5, 0.6) is 0 Å². The summed E-state index contributed by atoms with van der Waals surface area (Å²) in [5.74, 6) is 0. The Balaban J connectivity index is 2.43. The zero-order valence-electron chi connectivity index (χ0n) is 8.18. The van der Waals surface area contributed by atoms with E-state index in [-0.39, 0.29) is 5.69 Å². The fourth-order valence-corrected chi connectivity index (χ4v) is 1.64. The standard InChI is InChI=1S/C12H7ClNO2/c13-12-4-2-1-3-11(12)9-5-7-10(8-6-9)14(15)16/h1,3-8H. The average molecular weight is 233 g/mol. The molecule has 0 fully saturated rings. The SMILES string of the molecule is O=[N+]([O-])c1ccc(-c2cc[c]cc2Cl)cc1. The first-order chi connectivity index (χ1) is 7.68. The quantitative estimate of drug-likeness (QED) is 0.585. The van der Waals surface area contributed by atoms with E-state index >= 15 is 0 Å². The van der Waals surface area contributed by atoms with Crippen LogP contribution >= 0.6 is 11.6 Å². The summed E-state index contributed by atoms with van der Waals surface area (Å²) >= 11 is 6.00. The Morgan fingerprint density at radius 2 is 1.88 bits per heavy atom. The van der Waals surface area contributed by atoms with Gasteiger partial charge in [0.25, 0.3) is 5.69 Å². The Morgan fingerprint density at radius 1 is 1.19 bits per heavy atom. The van der Waals surface area contributed by atoms with E-state index in [1.807, 2.05) is 6.07 Å². The van der Waals surface area contributed by atoms with E-state index in [4.69, 9.17) is 11.6 Å². The Bertz CT molecular complexity index is 523. The van der Waals surface area contributed by atoms with Crippen molar-refractivity contribution in [1.29, 1.82) is 0 Å². The zero-order chi connectivity index (χ0) is 11.5. The normalized spacial score (nSPS) is 10.1. The van der Waals surface area contributed by atoms with Gasteiger partial charge in [-0.1, -0.05) is 23.7 Å². The zero-order valence-corrected chi connectivity index (χ0v) is 8.94. The minimum absolute atomic E-state index is 0.0716. The van der Waals surface area contributed by atoms with Crippen molar-refractivity contribution in [1.82, 2.24) is 0 Å². The maximum atomic E-state index is 10.5. The minimum atomic E-state index is -0.426. The largest absolute Gasteiger partial charge is 0.269 e. The number of benzene rings is 2. The van der Waals surface area contributed by atoms with E-state index in [0.29, 0.717) is 5.02 Å². The highest BCUT2D eigenvalue weighted by atomic mass is 35.5. The lowest BCUT2D eigenvalue weighted by Crippen LogP contribution is -1.87. The average Bonchev–Trinajstić information content (AvgIpc) is 2.30. The van der Waals surface area contributed by atoms with Gasteiger partial charge in [0, 0.05) is 22.7 Å². The van der Waals surface area contributed by atoms with Crippen LogP contribution in [0.1, 0.15) is 0 Å². The fourth-order valence-electron chi connectivity index (χ4n) is 1.41.